The first-order valence-corrected chi connectivity index (χ1v) is 5.89. The Bertz CT molecular complexity index is 430. The molecule has 1 fully saturated rings. The SMILES string of the molecule is COC(=O)C1=C[C@H]2OC(C)(C)O[C@H]2CN1C(=O)OC. The van der Waals surface area contributed by atoms with Gasteiger partial charge in [0.25, 0.3) is 0 Å². The second kappa shape index (κ2) is 4.82. The summed E-state index contributed by atoms with van der Waals surface area (Å²) in [5.41, 5.74) is 0.108. The zero-order chi connectivity index (χ0) is 14.2. The van der Waals surface area contributed by atoms with Crippen molar-refractivity contribution in [3.8, 4) is 0 Å². The van der Waals surface area contributed by atoms with Gasteiger partial charge in [-0.3, -0.25) is 4.90 Å². The lowest BCUT2D eigenvalue weighted by Crippen LogP contribution is -2.46. The minimum atomic E-state index is -0.751. The predicted octanol–water partition coefficient (Wildman–Crippen LogP) is 0.645. The molecule has 2 aliphatic heterocycles. The Morgan fingerprint density at radius 2 is 2.00 bits per heavy atom. The molecule has 106 valence electrons. The largest absolute Gasteiger partial charge is 0.464 e. The lowest BCUT2D eigenvalue weighted by molar-refractivity contribution is -0.143. The first-order chi connectivity index (χ1) is 8.88. The molecular formula is C12H17NO6. The zero-order valence-corrected chi connectivity index (χ0v) is 11.3. The summed E-state index contributed by atoms with van der Waals surface area (Å²) < 4.78 is 20.6. The van der Waals surface area contributed by atoms with Gasteiger partial charge in [-0.25, -0.2) is 9.59 Å². The Labute approximate surface area is 111 Å². The Morgan fingerprint density at radius 1 is 1.32 bits per heavy atom. The smallest absolute Gasteiger partial charge is 0.414 e. The van der Waals surface area contributed by atoms with E-state index in [0.717, 1.165) is 0 Å². The standard InChI is InChI=1S/C12H17NO6/c1-12(2)18-8-5-7(10(14)16-3)13(11(15)17-4)6-9(8)19-12/h5,8-9H,6H2,1-4H3/t8-,9+/m1/s1. The fourth-order valence-corrected chi connectivity index (χ4v) is 2.24. The molecule has 0 aromatic heterocycles. The van der Waals surface area contributed by atoms with Crippen molar-refractivity contribution < 1.29 is 28.5 Å². The number of methoxy groups -OCH3 is 2. The van der Waals surface area contributed by atoms with Crippen molar-refractivity contribution in [1.29, 1.82) is 0 Å². The molecule has 0 N–H and O–H groups in total. The molecule has 0 unspecified atom stereocenters. The number of nitrogens with zero attached hydrogens (tertiary/aromatic N) is 1. The van der Waals surface area contributed by atoms with E-state index < -0.39 is 17.8 Å². The molecular weight excluding hydrogens is 254 g/mol. The number of rotatable bonds is 1. The summed E-state index contributed by atoms with van der Waals surface area (Å²) in [5, 5.41) is 0. The van der Waals surface area contributed by atoms with Gasteiger partial charge < -0.3 is 18.9 Å². The highest BCUT2D eigenvalue weighted by Crippen LogP contribution is 2.33. The summed E-state index contributed by atoms with van der Waals surface area (Å²) in [6, 6.07) is 0. The van der Waals surface area contributed by atoms with Crippen LogP contribution in [0.3, 0.4) is 0 Å². The van der Waals surface area contributed by atoms with Crippen LogP contribution in [0.25, 0.3) is 0 Å². The average Bonchev–Trinajstić information content (AvgIpc) is 2.68. The van der Waals surface area contributed by atoms with E-state index in [9.17, 15) is 9.59 Å². The molecule has 0 bridgehead atoms. The van der Waals surface area contributed by atoms with Crippen molar-refractivity contribution >= 4 is 12.1 Å². The number of amides is 1. The van der Waals surface area contributed by atoms with E-state index in [2.05, 4.69) is 9.47 Å². The molecule has 1 saturated heterocycles. The second-order valence-corrected chi connectivity index (χ2v) is 4.76. The Morgan fingerprint density at radius 3 is 2.58 bits per heavy atom. The molecule has 2 rings (SSSR count). The summed E-state index contributed by atoms with van der Waals surface area (Å²) in [6.07, 6.45) is 0.182. The number of fused-ring (bicyclic) bond motifs is 1. The number of hydrogen-bond donors (Lipinski definition) is 0. The first kappa shape index (κ1) is 13.8. The maximum atomic E-state index is 11.7. The van der Waals surface area contributed by atoms with Gasteiger partial charge in [0.2, 0.25) is 0 Å². The fraction of sp³-hybridized carbons (Fsp3) is 0.667. The van der Waals surface area contributed by atoms with E-state index in [1.807, 2.05) is 0 Å². The van der Waals surface area contributed by atoms with Gasteiger partial charge in [0.05, 0.1) is 20.8 Å². The number of ether oxygens (including phenoxy) is 4. The predicted molar refractivity (Wildman–Crippen MR) is 63.0 cm³/mol. The van der Waals surface area contributed by atoms with E-state index in [4.69, 9.17) is 9.47 Å². The topological polar surface area (TPSA) is 74.3 Å². The van der Waals surface area contributed by atoms with Crippen LogP contribution in [-0.2, 0) is 23.7 Å². The van der Waals surface area contributed by atoms with Crippen LogP contribution < -0.4 is 0 Å². The fourth-order valence-electron chi connectivity index (χ4n) is 2.24. The van der Waals surface area contributed by atoms with E-state index in [1.54, 1.807) is 13.8 Å². The van der Waals surface area contributed by atoms with Gasteiger partial charge in [-0.2, -0.15) is 0 Å². The van der Waals surface area contributed by atoms with Crippen molar-refractivity contribution in [1.82, 2.24) is 4.90 Å². The van der Waals surface area contributed by atoms with Crippen LogP contribution in [0.1, 0.15) is 13.8 Å². The third-order valence-electron chi connectivity index (χ3n) is 2.99. The highest BCUT2D eigenvalue weighted by Gasteiger charge is 2.46. The maximum absolute atomic E-state index is 11.7. The van der Waals surface area contributed by atoms with Gasteiger partial charge in [-0.05, 0) is 19.9 Å². The number of hydrogen-bond acceptors (Lipinski definition) is 6. The molecule has 0 radical (unpaired) electrons. The Kier molecular flexibility index (Phi) is 3.51. The summed E-state index contributed by atoms with van der Waals surface area (Å²) in [4.78, 5) is 24.6. The molecule has 0 saturated carbocycles. The molecule has 0 aromatic carbocycles. The van der Waals surface area contributed by atoms with E-state index >= 15 is 0 Å². The summed E-state index contributed by atoms with van der Waals surface area (Å²) in [7, 11) is 2.50. The zero-order valence-electron chi connectivity index (χ0n) is 11.3. The van der Waals surface area contributed by atoms with Crippen LogP contribution in [0, 0.1) is 0 Å². The van der Waals surface area contributed by atoms with Gasteiger partial charge in [0.1, 0.15) is 17.9 Å². The van der Waals surface area contributed by atoms with Crippen LogP contribution in [0.5, 0.6) is 0 Å². The molecule has 2 atom stereocenters. The Hall–Kier alpha value is -1.60. The minimum Gasteiger partial charge on any atom is -0.464 e. The lowest BCUT2D eigenvalue weighted by atomic mass is 10.1. The van der Waals surface area contributed by atoms with Gasteiger partial charge >= 0.3 is 12.1 Å². The molecule has 7 nitrogen and oxygen atoms in total. The Balaban J connectivity index is 2.30. The monoisotopic (exact) mass is 271 g/mol. The molecule has 19 heavy (non-hydrogen) atoms. The summed E-state index contributed by atoms with van der Waals surface area (Å²) >= 11 is 0. The van der Waals surface area contributed by atoms with Crippen LogP contribution in [0.2, 0.25) is 0 Å². The molecule has 2 aliphatic rings. The highest BCUT2D eigenvalue weighted by molar-refractivity contribution is 5.92. The van der Waals surface area contributed by atoms with Crippen molar-refractivity contribution in [3.63, 3.8) is 0 Å². The van der Waals surface area contributed by atoms with Crippen molar-refractivity contribution in [2.24, 2.45) is 0 Å². The average molecular weight is 271 g/mol. The molecule has 7 heteroatoms. The normalized spacial score (nSPS) is 28.4. The van der Waals surface area contributed by atoms with E-state index in [-0.39, 0.29) is 24.4 Å². The molecule has 0 aromatic rings. The molecule has 0 spiro atoms. The summed E-state index contributed by atoms with van der Waals surface area (Å²) in [6.45, 7) is 3.74. The number of carbonyl (C=O) groups is 2. The minimum absolute atomic E-state index is 0.108. The highest BCUT2D eigenvalue weighted by atomic mass is 16.8. The van der Waals surface area contributed by atoms with Crippen molar-refractivity contribution in [3.05, 3.63) is 11.8 Å². The van der Waals surface area contributed by atoms with E-state index in [1.165, 1.54) is 25.2 Å². The van der Waals surface area contributed by atoms with Gasteiger partial charge in [-0.1, -0.05) is 0 Å². The molecule has 2 heterocycles. The van der Waals surface area contributed by atoms with Crippen LogP contribution in [0.15, 0.2) is 11.8 Å². The number of esters is 1. The number of carbonyl (C=O) groups excluding carboxylic acids is 2. The lowest BCUT2D eigenvalue weighted by Gasteiger charge is -2.30. The molecule has 1 amide bonds. The van der Waals surface area contributed by atoms with Gasteiger partial charge in [0.15, 0.2) is 5.79 Å². The summed E-state index contributed by atoms with van der Waals surface area (Å²) in [5.74, 6) is -1.36. The van der Waals surface area contributed by atoms with Gasteiger partial charge in [0, 0.05) is 0 Å². The second-order valence-electron chi connectivity index (χ2n) is 4.76. The maximum Gasteiger partial charge on any atom is 0.414 e. The van der Waals surface area contributed by atoms with Crippen molar-refractivity contribution in [2.45, 2.75) is 31.8 Å². The third-order valence-corrected chi connectivity index (χ3v) is 2.99. The molecule has 0 aliphatic carbocycles. The van der Waals surface area contributed by atoms with Crippen molar-refractivity contribution in [2.75, 3.05) is 20.8 Å². The van der Waals surface area contributed by atoms with Crippen LogP contribution in [0.4, 0.5) is 4.79 Å². The first-order valence-electron chi connectivity index (χ1n) is 5.89. The van der Waals surface area contributed by atoms with Crippen LogP contribution in [-0.4, -0.2) is 55.7 Å². The van der Waals surface area contributed by atoms with Gasteiger partial charge in [-0.15, -0.1) is 0 Å². The third kappa shape index (κ3) is 2.57. The quantitative estimate of drug-likeness (QED) is 0.652. The van der Waals surface area contributed by atoms with E-state index in [0.29, 0.717) is 0 Å². The van der Waals surface area contributed by atoms with Crippen LogP contribution >= 0.6 is 0 Å².